The number of rotatable bonds is 13. The first-order valence-corrected chi connectivity index (χ1v) is 13.9. The number of likely N-dealkylation sites (tertiary alicyclic amines) is 1. The Morgan fingerprint density at radius 1 is 1.03 bits per heavy atom. The van der Waals surface area contributed by atoms with Gasteiger partial charge in [-0.1, -0.05) is 41.5 Å². The van der Waals surface area contributed by atoms with Gasteiger partial charge in [0.25, 0.3) is 0 Å². The Balaban J connectivity index is 2.96. The zero-order chi connectivity index (χ0) is 25.5. The summed E-state index contributed by atoms with van der Waals surface area (Å²) in [5.74, 6) is -2.48. The van der Waals surface area contributed by atoms with Crippen molar-refractivity contribution in [3.63, 3.8) is 0 Å². The standard InChI is InChI=1S/C23H42N3O6P/c1-14(2)8-17-11-20(27)26(23(17)30)13-33(31,32)12-18(9-15(3)4)21(28)25-19(10-16(5)6)22(29)24-7/h14-19H,8-13H2,1-7H3,(H,24,29)(H,25,28)(H,31,32)/t17-,18?,19+/m1/s1. The number of carbonyl (C=O) groups excluding carboxylic acids is 4. The van der Waals surface area contributed by atoms with E-state index >= 15 is 0 Å². The zero-order valence-electron chi connectivity index (χ0n) is 21.1. The zero-order valence-corrected chi connectivity index (χ0v) is 22.0. The van der Waals surface area contributed by atoms with Gasteiger partial charge in [0.15, 0.2) is 0 Å². The lowest BCUT2D eigenvalue weighted by atomic mass is 9.96. The first-order chi connectivity index (χ1) is 15.2. The Kier molecular flexibility index (Phi) is 11.2. The van der Waals surface area contributed by atoms with E-state index in [2.05, 4.69) is 10.6 Å². The van der Waals surface area contributed by atoms with E-state index in [1.54, 1.807) is 0 Å². The summed E-state index contributed by atoms with van der Waals surface area (Å²) in [4.78, 5) is 61.8. The molecule has 10 heteroatoms. The minimum Gasteiger partial charge on any atom is -0.357 e. The summed E-state index contributed by atoms with van der Waals surface area (Å²) in [7, 11) is -2.53. The van der Waals surface area contributed by atoms with Crippen molar-refractivity contribution >= 4 is 31.0 Å². The lowest BCUT2D eigenvalue weighted by molar-refractivity contribution is -0.138. The molecule has 0 spiro atoms. The lowest BCUT2D eigenvalue weighted by Crippen LogP contribution is -2.49. The third-order valence-electron chi connectivity index (χ3n) is 5.67. The van der Waals surface area contributed by atoms with Crippen molar-refractivity contribution < 1.29 is 28.6 Å². The molecule has 0 bridgehead atoms. The molecule has 4 atom stereocenters. The Bertz CT molecular complexity index is 767. The van der Waals surface area contributed by atoms with Gasteiger partial charge in [0, 0.05) is 31.5 Å². The fourth-order valence-electron chi connectivity index (χ4n) is 4.28. The molecule has 1 fully saturated rings. The van der Waals surface area contributed by atoms with E-state index in [1.165, 1.54) is 7.05 Å². The molecule has 9 nitrogen and oxygen atoms in total. The van der Waals surface area contributed by atoms with Gasteiger partial charge in [-0.2, -0.15) is 0 Å². The molecule has 0 saturated carbocycles. The highest BCUT2D eigenvalue weighted by molar-refractivity contribution is 7.58. The minimum absolute atomic E-state index is 0.0515. The summed E-state index contributed by atoms with van der Waals surface area (Å²) < 4.78 is 13.1. The van der Waals surface area contributed by atoms with Crippen LogP contribution in [0.4, 0.5) is 0 Å². The van der Waals surface area contributed by atoms with Crippen LogP contribution < -0.4 is 10.6 Å². The second-order valence-electron chi connectivity index (χ2n) is 10.5. The highest BCUT2D eigenvalue weighted by Crippen LogP contribution is 2.46. The van der Waals surface area contributed by atoms with E-state index in [4.69, 9.17) is 0 Å². The third-order valence-corrected chi connectivity index (χ3v) is 7.41. The van der Waals surface area contributed by atoms with Crippen LogP contribution in [0.25, 0.3) is 0 Å². The molecule has 1 heterocycles. The number of carbonyl (C=O) groups is 4. The molecule has 1 aliphatic heterocycles. The van der Waals surface area contributed by atoms with E-state index in [0.717, 1.165) is 4.90 Å². The van der Waals surface area contributed by atoms with Crippen LogP contribution in [0.5, 0.6) is 0 Å². The maximum atomic E-state index is 13.1. The third kappa shape index (κ3) is 9.57. The Morgan fingerprint density at radius 2 is 1.61 bits per heavy atom. The Labute approximate surface area is 197 Å². The average molecular weight is 488 g/mol. The molecule has 4 amide bonds. The van der Waals surface area contributed by atoms with E-state index in [1.807, 2.05) is 41.5 Å². The van der Waals surface area contributed by atoms with E-state index in [-0.39, 0.29) is 36.2 Å². The Morgan fingerprint density at radius 3 is 2.09 bits per heavy atom. The summed E-state index contributed by atoms with van der Waals surface area (Å²) in [6.45, 7) is 11.6. The van der Waals surface area contributed by atoms with Crippen LogP contribution in [0.3, 0.4) is 0 Å². The van der Waals surface area contributed by atoms with Crippen molar-refractivity contribution in [2.45, 2.75) is 73.3 Å². The molecule has 1 aliphatic rings. The minimum atomic E-state index is -4.02. The van der Waals surface area contributed by atoms with Crippen LogP contribution >= 0.6 is 7.37 Å². The predicted molar refractivity (Wildman–Crippen MR) is 127 cm³/mol. The number of likely N-dealkylation sites (N-methyl/N-ethyl adjacent to an activating group) is 1. The normalized spacial score (nSPS) is 20.3. The fraction of sp³-hybridized carbons (Fsp3) is 0.826. The van der Waals surface area contributed by atoms with Crippen LogP contribution in [-0.2, 0) is 23.7 Å². The number of nitrogens with one attached hydrogen (secondary N) is 2. The van der Waals surface area contributed by atoms with Gasteiger partial charge in [0.1, 0.15) is 12.3 Å². The van der Waals surface area contributed by atoms with E-state index in [9.17, 15) is 28.6 Å². The summed E-state index contributed by atoms with van der Waals surface area (Å²) in [6.07, 6.45) is 0.444. The van der Waals surface area contributed by atoms with Crippen molar-refractivity contribution in [2.24, 2.45) is 29.6 Å². The number of amides is 4. The molecule has 0 aromatic rings. The fourth-order valence-corrected chi connectivity index (χ4v) is 6.13. The van der Waals surface area contributed by atoms with Gasteiger partial charge in [0.05, 0.1) is 0 Å². The number of hydrogen-bond donors (Lipinski definition) is 3. The lowest BCUT2D eigenvalue weighted by Gasteiger charge is -2.26. The Hall–Kier alpha value is -1.73. The average Bonchev–Trinajstić information content (AvgIpc) is 2.91. The SMILES string of the molecule is CNC(=O)[C@H](CC(C)C)NC(=O)C(CC(C)C)CP(=O)(O)CN1C(=O)C[C@@H](CC(C)C)C1=O. The summed E-state index contributed by atoms with van der Waals surface area (Å²) in [5.41, 5.74) is 0. The van der Waals surface area contributed by atoms with E-state index < -0.39 is 49.3 Å². The van der Waals surface area contributed by atoms with Gasteiger partial charge in [-0.05, 0) is 37.0 Å². The molecule has 1 saturated heterocycles. The second kappa shape index (κ2) is 12.7. The smallest absolute Gasteiger partial charge is 0.242 e. The van der Waals surface area contributed by atoms with Gasteiger partial charge in [-0.3, -0.25) is 28.6 Å². The van der Waals surface area contributed by atoms with Gasteiger partial charge < -0.3 is 15.5 Å². The highest BCUT2D eigenvalue weighted by Gasteiger charge is 2.42. The van der Waals surface area contributed by atoms with Crippen LogP contribution in [-0.4, -0.2) is 59.0 Å². The largest absolute Gasteiger partial charge is 0.357 e. The van der Waals surface area contributed by atoms with Gasteiger partial charge in [-0.15, -0.1) is 0 Å². The van der Waals surface area contributed by atoms with Crippen LogP contribution in [0.15, 0.2) is 0 Å². The molecule has 0 aromatic heterocycles. The van der Waals surface area contributed by atoms with Crippen molar-refractivity contribution in [3.8, 4) is 0 Å². The molecule has 3 N–H and O–H groups in total. The predicted octanol–water partition coefficient (Wildman–Crippen LogP) is 2.57. The molecular weight excluding hydrogens is 445 g/mol. The summed E-state index contributed by atoms with van der Waals surface area (Å²) in [6, 6.07) is -0.742. The first kappa shape index (κ1) is 29.3. The van der Waals surface area contributed by atoms with Crippen LogP contribution in [0.2, 0.25) is 0 Å². The van der Waals surface area contributed by atoms with Gasteiger partial charge in [-0.25, -0.2) is 0 Å². The van der Waals surface area contributed by atoms with Crippen molar-refractivity contribution in [1.29, 1.82) is 0 Å². The summed E-state index contributed by atoms with van der Waals surface area (Å²) in [5, 5.41) is 5.28. The second-order valence-corrected chi connectivity index (χ2v) is 12.8. The summed E-state index contributed by atoms with van der Waals surface area (Å²) >= 11 is 0. The topological polar surface area (TPSA) is 133 Å². The molecular formula is C23H42N3O6P. The number of imide groups is 1. The first-order valence-electron chi connectivity index (χ1n) is 11.8. The van der Waals surface area contributed by atoms with Gasteiger partial charge in [0.2, 0.25) is 31.0 Å². The maximum absolute atomic E-state index is 13.1. The molecule has 33 heavy (non-hydrogen) atoms. The molecule has 0 aromatic carbocycles. The highest BCUT2D eigenvalue weighted by atomic mass is 31.2. The molecule has 1 rings (SSSR count). The maximum Gasteiger partial charge on any atom is 0.242 e. The molecule has 0 radical (unpaired) electrons. The van der Waals surface area contributed by atoms with Gasteiger partial charge >= 0.3 is 0 Å². The van der Waals surface area contributed by atoms with Crippen molar-refractivity contribution in [3.05, 3.63) is 0 Å². The van der Waals surface area contributed by atoms with Crippen molar-refractivity contribution in [2.75, 3.05) is 19.5 Å². The molecule has 0 aliphatic carbocycles. The van der Waals surface area contributed by atoms with E-state index in [0.29, 0.717) is 19.3 Å². The monoisotopic (exact) mass is 487 g/mol. The number of hydrogen-bond acceptors (Lipinski definition) is 5. The molecule has 2 unspecified atom stereocenters. The quantitative estimate of drug-likeness (QED) is 0.270. The van der Waals surface area contributed by atoms with Crippen LogP contribution in [0.1, 0.15) is 67.2 Å². The molecule has 190 valence electrons. The van der Waals surface area contributed by atoms with Crippen LogP contribution in [0, 0.1) is 29.6 Å². The van der Waals surface area contributed by atoms with Crippen molar-refractivity contribution in [1.82, 2.24) is 15.5 Å². The number of nitrogens with zero attached hydrogens (tertiary/aromatic N) is 1.